The van der Waals surface area contributed by atoms with Crippen molar-refractivity contribution in [3.8, 4) is 0 Å². The normalized spacial score (nSPS) is 17.1. The van der Waals surface area contributed by atoms with Crippen LogP contribution in [0.5, 0.6) is 0 Å². The van der Waals surface area contributed by atoms with E-state index >= 15 is 0 Å². The minimum Gasteiger partial charge on any atom is -0.379 e. The molecule has 150 valence electrons. The second-order valence-corrected chi connectivity index (χ2v) is 6.51. The van der Waals surface area contributed by atoms with Crippen LogP contribution >= 0.6 is 24.0 Å². The van der Waals surface area contributed by atoms with Gasteiger partial charge in [0.05, 0.1) is 12.7 Å². The Morgan fingerprint density at radius 3 is 3.04 bits per heavy atom. The molecular formula is C20H31IN4O2. The lowest BCUT2D eigenvalue weighted by Gasteiger charge is -2.12. The molecule has 0 spiro atoms. The van der Waals surface area contributed by atoms with Gasteiger partial charge < -0.3 is 25.1 Å². The van der Waals surface area contributed by atoms with E-state index in [-0.39, 0.29) is 30.1 Å². The minimum atomic E-state index is 0. The molecule has 0 bridgehead atoms. The van der Waals surface area contributed by atoms with E-state index in [4.69, 9.17) is 9.47 Å². The summed E-state index contributed by atoms with van der Waals surface area (Å²) >= 11 is 0. The number of aromatic nitrogens is 1. The van der Waals surface area contributed by atoms with E-state index in [1.54, 1.807) is 0 Å². The van der Waals surface area contributed by atoms with Crippen LogP contribution in [0.1, 0.15) is 25.3 Å². The van der Waals surface area contributed by atoms with Crippen LogP contribution in [-0.2, 0) is 15.9 Å². The number of halogens is 1. The van der Waals surface area contributed by atoms with Gasteiger partial charge in [-0.1, -0.05) is 18.2 Å². The summed E-state index contributed by atoms with van der Waals surface area (Å²) in [5.74, 6) is 0.872. The molecule has 7 heteroatoms. The summed E-state index contributed by atoms with van der Waals surface area (Å²) in [5.41, 5.74) is 2.52. The second kappa shape index (κ2) is 12.2. The van der Waals surface area contributed by atoms with Crippen LogP contribution in [-0.4, -0.2) is 56.5 Å². The fraction of sp³-hybridized carbons (Fsp3) is 0.550. The predicted molar refractivity (Wildman–Crippen MR) is 121 cm³/mol. The zero-order valence-corrected chi connectivity index (χ0v) is 18.3. The monoisotopic (exact) mass is 486 g/mol. The number of hydrogen-bond donors (Lipinski definition) is 3. The highest BCUT2D eigenvalue weighted by Crippen LogP contribution is 2.17. The predicted octanol–water partition coefficient (Wildman–Crippen LogP) is 3.08. The molecule has 2 aromatic rings. The van der Waals surface area contributed by atoms with Gasteiger partial charge in [-0.3, -0.25) is 4.99 Å². The number of hydrogen-bond acceptors (Lipinski definition) is 3. The molecule has 1 aromatic carbocycles. The number of para-hydroxylation sites is 1. The zero-order valence-electron chi connectivity index (χ0n) is 16.0. The SMILES string of the molecule is CCNC(=NCCCOC1CCOC1)NCCc1c[nH]c2ccccc12.I. The maximum absolute atomic E-state index is 5.78. The average molecular weight is 486 g/mol. The summed E-state index contributed by atoms with van der Waals surface area (Å²) in [5, 5.41) is 8.02. The molecule has 1 atom stereocenters. The number of aliphatic imine (C=N–C) groups is 1. The topological polar surface area (TPSA) is 70.7 Å². The third kappa shape index (κ3) is 6.97. The van der Waals surface area contributed by atoms with Gasteiger partial charge in [0.15, 0.2) is 5.96 Å². The Morgan fingerprint density at radius 2 is 2.22 bits per heavy atom. The Morgan fingerprint density at radius 1 is 1.33 bits per heavy atom. The first-order valence-corrected chi connectivity index (χ1v) is 9.63. The van der Waals surface area contributed by atoms with Gasteiger partial charge in [-0.25, -0.2) is 0 Å². The molecule has 0 radical (unpaired) electrons. The molecule has 1 aromatic heterocycles. The van der Waals surface area contributed by atoms with Crippen molar-refractivity contribution in [3.63, 3.8) is 0 Å². The summed E-state index contributed by atoms with van der Waals surface area (Å²) in [4.78, 5) is 7.96. The quantitative estimate of drug-likeness (QED) is 0.221. The molecule has 27 heavy (non-hydrogen) atoms. The van der Waals surface area contributed by atoms with Crippen molar-refractivity contribution in [3.05, 3.63) is 36.0 Å². The smallest absolute Gasteiger partial charge is 0.191 e. The van der Waals surface area contributed by atoms with E-state index in [0.717, 1.165) is 64.7 Å². The molecule has 6 nitrogen and oxygen atoms in total. The standard InChI is InChI=1S/C20H30N4O2.HI/c1-2-21-20(22-10-5-12-26-17-9-13-25-15-17)23-11-8-16-14-24-19-7-4-3-6-18(16)19;/h3-4,6-7,14,17,24H,2,5,8-13,15H2,1H3,(H2,21,22,23);1H. The number of aromatic amines is 1. The van der Waals surface area contributed by atoms with Crippen molar-refractivity contribution in [2.45, 2.75) is 32.3 Å². The number of fused-ring (bicyclic) bond motifs is 1. The van der Waals surface area contributed by atoms with Gasteiger partial charge in [-0.05, 0) is 37.8 Å². The van der Waals surface area contributed by atoms with Crippen molar-refractivity contribution in [1.29, 1.82) is 0 Å². The fourth-order valence-electron chi connectivity index (χ4n) is 3.15. The molecule has 1 aliphatic rings. The van der Waals surface area contributed by atoms with Crippen molar-refractivity contribution < 1.29 is 9.47 Å². The number of guanidine groups is 1. The second-order valence-electron chi connectivity index (χ2n) is 6.51. The van der Waals surface area contributed by atoms with Gasteiger partial charge in [-0.15, -0.1) is 24.0 Å². The Labute approximate surface area is 178 Å². The first-order valence-electron chi connectivity index (χ1n) is 9.63. The highest BCUT2D eigenvalue weighted by molar-refractivity contribution is 14.0. The van der Waals surface area contributed by atoms with E-state index in [1.165, 1.54) is 16.5 Å². The number of rotatable bonds is 9. The molecule has 2 heterocycles. The zero-order chi connectivity index (χ0) is 18.0. The molecule has 1 unspecified atom stereocenters. The average Bonchev–Trinajstić information content (AvgIpc) is 3.31. The fourth-order valence-corrected chi connectivity index (χ4v) is 3.15. The lowest BCUT2D eigenvalue weighted by Crippen LogP contribution is -2.38. The largest absolute Gasteiger partial charge is 0.379 e. The first-order chi connectivity index (χ1) is 12.9. The molecule has 0 aliphatic carbocycles. The van der Waals surface area contributed by atoms with Crippen molar-refractivity contribution in [2.24, 2.45) is 4.99 Å². The van der Waals surface area contributed by atoms with Crippen molar-refractivity contribution in [1.82, 2.24) is 15.6 Å². The summed E-state index contributed by atoms with van der Waals surface area (Å²) in [6.45, 7) is 6.86. The lowest BCUT2D eigenvalue weighted by molar-refractivity contribution is 0.0424. The van der Waals surface area contributed by atoms with Gasteiger partial charge in [-0.2, -0.15) is 0 Å². The van der Waals surface area contributed by atoms with Gasteiger partial charge >= 0.3 is 0 Å². The third-order valence-electron chi connectivity index (χ3n) is 4.52. The van der Waals surface area contributed by atoms with E-state index in [1.807, 2.05) is 0 Å². The van der Waals surface area contributed by atoms with E-state index < -0.39 is 0 Å². The third-order valence-corrected chi connectivity index (χ3v) is 4.52. The molecule has 1 aliphatic heterocycles. The van der Waals surface area contributed by atoms with Crippen LogP contribution in [0.25, 0.3) is 10.9 Å². The van der Waals surface area contributed by atoms with Crippen molar-refractivity contribution in [2.75, 3.05) is 39.5 Å². The molecule has 1 fully saturated rings. The lowest BCUT2D eigenvalue weighted by atomic mass is 10.1. The van der Waals surface area contributed by atoms with Crippen molar-refractivity contribution >= 4 is 40.8 Å². The first kappa shape index (κ1) is 22.0. The van der Waals surface area contributed by atoms with Gasteiger partial charge in [0, 0.05) is 49.9 Å². The minimum absolute atomic E-state index is 0. The molecular weight excluding hydrogens is 455 g/mol. The van der Waals surface area contributed by atoms with E-state index in [0.29, 0.717) is 0 Å². The summed E-state index contributed by atoms with van der Waals surface area (Å²) < 4.78 is 11.1. The highest BCUT2D eigenvalue weighted by atomic mass is 127. The molecule has 0 saturated carbocycles. The van der Waals surface area contributed by atoms with Gasteiger partial charge in [0.1, 0.15) is 0 Å². The summed E-state index contributed by atoms with van der Waals surface area (Å²) in [7, 11) is 0. The Balaban J connectivity index is 0.00000261. The number of nitrogens with zero attached hydrogens (tertiary/aromatic N) is 1. The van der Waals surface area contributed by atoms with Crippen LogP contribution in [0, 0.1) is 0 Å². The van der Waals surface area contributed by atoms with E-state index in [2.05, 4.69) is 58.0 Å². The van der Waals surface area contributed by atoms with Gasteiger partial charge in [0.25, 0.3) is 0 Å². The molecule has 3 rings (SSSR count). The van der Waals surface area contributed by atoms with Gasteiger partial charge in [0.2, 0.25) is 0 Å². The van der Waals surface area contributed by atoms with Crippen LogP contribution in [0.2, 0.25) is 0 Å². The highest BCUT2D eigenvalue weighted by Gasteiger charge is 2.15. The molecule has 1 saturated heterocycles. The van der Waals surface area contributed by atoms with Crippen LogP contribution < -0.4 is 10.6 Å². The maximum atomic E-state index is 5.78. The van der Waals surface area contributed by atoms with E-state index in [9.17, 15) is 0 Å². The van der Waals surface area contributed by atoms with Crippen LogP contribution in [0.3, 0.4) is 0 Å². The summed E-state index contributed by atoms with van der Waals surface area (Å²) in [6.07, 6.45) is 5.28. The Bertz CT molecular complexity index is 698. The summed E-state index contributed by atoms with van der Waals surface area (Å²) in [6, 6.07) is 8.41. The Kier molecular flexibility index (Phi) is 9.93. The molecule has 0 amide bonds. The number of H-pyrrole nitrogens is 1. The number of nitrogens with one attached hydrogen (secondary N) is 3. The maximum Gasteiger partial charge on any atom is 0.191 e. The number of benzene rings is 1. The number of ether oxygens (including phenoxy) is 2. The van der Waals surface area contributed by atoms with Crippen LogP contribution in [0.15, 0.2) is 35.5 Å². The Hall–Kier alpha value is -1.32. The van der Waals surface area contributed by atoms with Crippen LogP contribution in [0.4, 0.5) is 0 Å². The molecule has 3 N–H and O–H groups in total.